The Bertz CT molecular complexity index is 263. The van der Waals surface area contributed by atoms with Gasteiger partial charge in [0.2, 0.25) is 0 Å². The maximum absolute atomic E-state index is 9.14. The van der Waals surface area contributed by atoms with Crippen LogP contribution in [-0.4, -0.2) is 0 Å². The number of rotatable bonds is 2. The van der Waals surface area contributed by atoms with Gasteiger partial charge in [-0.15, -0.1) is 11.8 Å². The van der Waals surface area contributed by atoms with Crippen LogP contribution in [0.25, 0.3) is 0 Å². The van der Waals surface area contributed by atoms with Crippen LogP contribution in [0.2, 0.25) is 0 Å². The fourth-order valence-electron chi connectivity index (χ4n) is 2.14. The Kier molecular flexibility index (Phi) is 3.38. The van der Waals surface area contributed by atoms with Gasteiger partial charge >= 0.3 is 0 Å². The molecule has 0 saturated heterocycles. The van der Waals surface area contributed by atoms with Gasteiger partial charge in [0.05, 0.1) is 11.5 Å². The Hall–Kier alpha value is -0.950. The molecule has 1 fully saturated rings. The first-order chi connectivity index (χ1) is 6.26. The van der Waals surface area contributed by atoms with Gasteiger partial charge in [0, 0.05) is 6.42 Å². The zero-order chi connectivity index (χ0) is 9.73. The van der Waals surface area contributed by atoms with Gasteiger partial charge in [-0.3, -0.25) is 0 Å². The molecule has 0 N–H and O–H groups in total. The van der Waals surface area contributed by atoms with E-state index in [1.165, 1.54) is 12.8 Å². The van der Waals surface area contributed by atoms with Crippen molar-refractivity contribution in [3.05, 3.63) is 0 Å². The van der Waals surface area contributed by atoms with Crippen molar-refractivity contribution in [1.82, 2.24) is 0 Å². The van der Waals surface area contributed by atoms with Crippen molar-refractivity contribution >= 4 is 0 Å². The van der Waals surface area contributed by atoms with Gasteiger partial charge in [0.25, 0.3) is 0 Å². The smallest absolute Gasteiger partial charge is 0.0699 e. The minimum absolute atomic E-state index is 0.107. The zero-order valence-electron chi connectivity index (χ0n) is 8.56. The molecule has 1 heteroatoms. The highest BCUT2D eigenvalue weighted by Crippen LogP contribution is 2.44. The van der Waals surface area contributed by atoms with Crippen LogP contribution in [0.3, 0.4) is 0 Å². The van der Waals surface area contributed by atoms with Crippen molar-refractivity contribution in [2.45, 2.75) is 46.0 Å². The van der Waals surface area contributed by atoms with Crippen LogP contribution >= 0.6 is 0 Å². The first-order valence-corrected chi connectivity index (χ1v) is 5.07. The van der Waals surface area contributed by atoms with Crippen LogP contribution in [-0.2, 0) is 0 Å². The average molecular weight is 175 g/mol. The molecule has 2 unspecified atom stereocenters. The predicted octanol–water partition coefficient (Wildman–Crippen LogP) is 3.12. The topological polar surface area (TPSA) is 23.8 Å². The molecule has 0 aromatic rings. The van der Waals surface area contributed by atoms with Crippen LogP contribution in [0.5, 0.6) is 0 Å². The third kappa shape index (κ3) is 2.25. The summed E-state index contributed by atoms with van der Waals surface area (Å²) in [4.78, 5) is 0. The predicted molar refractivity (Wildman–Crippen MR) is 53.7 cm³/mol. The van der Waals surface area contributed by atoms with Crippen LogP contribution in [0.15, 0.2) is 0 Å². The monoisotopic (exact) mass is 175 g/mol. The Morgan fingerprint density at radius 2 is 2.31 bits per heavy atom. The summed E-state index contributed by atoms with van der Waals surface area (Å²) in [5.41, 5.74) is -0.107. The molecule has 0 radical (unpaired) electrons. The number of nitriles is 1. The third-order valence-electron chi connectivity index (χ3n) is 3.13. The molecule has 0 spiro atoms. The van der Waals surface area contributed by atoms with E-state index >= 15 is 0 Å². The van der Waals surface area contributed by atoms with E-state index in [1.807, 2.05) is 6.92 Å². The summed E-state index contributed by atoms with van der Waals surface area (Å²) in [6.45, 7) is 4.06. The van der Waals surface area contributed by atoms with Crippen LogP contribution in [0, 0.1) is 34.5 Å². The minimum atomic E-state index is -0.107. The van der Waals surface area contributed by atoms with Gasteiger partial charge in [-0.2, -0.15) is 5.26 Å². The quantitative estimate of drug-likeness (QED) is 0.591. The maximum atomic E-state index is 9.14. The van der Waals surface area contributed by atoms with E-state index in [4.69, 9.17) is 5.26 Å². The molecular weight excluding hydrogens is 158 g/mol. The molecule has 0 aromatic carbocycles. The van der Waals surface area contributed by atoms with Crippen molar-refractivity contribution in [3.8, 4) is 17.9 Å². The van der Waals surface area contributed by atoms with Gasteiger partial charge in [-0.1, -0.05) is 13.3 Å². The molecule has 0 amide bonds. The Labute approximate surface area is 81.1 Å². The molecule has 1 aliphatic carbocycles. The Balaban J connectivity index is 2.62. The van der Waals surface area contributed by atoms with Crippen molar-refractivity contribution in [1.29, 1.82) is 5.26 Å². The molecule has 13 heavy (non-hydrogen) atoms. The highest BCUT2D eigenvalue weighted by atomic mass is 14.4. The average Bonchev–Trinajstić information content (AvgIpc) is 2.59. The highest BCUT2D eigenvalue weighted by molar-refractivity contribution is 5.11. The second-order valence-electron chi connectivity index (χ2n) is 4.01. The molecule has 0 bridgehead atoms. The minimum Gasteiger partial charge on any atom is -0.198 e. The molecule has 0 aliphatic heterocycles. The van der Waals surface area contributed by atoms with Crippen LogP contribution in [0.1, 0.15) is 46.0 Å². The lowest BCUT2D eigenvalue weighted by molar-refractivity contribution is 0.393. The van der Waals surface area contributed by atoms with Crippen LogP contribution < -0.4 is 0 Å². The summed E-state index contributed by atoms with van der Waals surface area (Å²) in [6.07, 6.45) is 5.32. The van der Waals surface area contributed by atoms with Crippen LogP contribution in [0.4, 0.5) is 0 Å². The summed E-state index contributed by atoms with van der Waals surface area (Å²) in [6, 6.07) is 2.47. The molecule has 2 atom stereocenters. The lowest BCUT2D eigenvalue weighted by Crippen LogP contribution is -2.13. The molecule has 1 nitrogen and oxygen atoms in total. The van der Waals surface area contributed by atoms with E-state index in [0.29, 0.717) is 0 Å². The first kappa shape index (κ1) is 10.1. The summed E-state index contributed by atoms with van der Waals surface area (Å²) < 4.78 is 0. The van der Waals surface area contributed by atoms with E-state index in [2.05, 4.69) is 24.8 Å². The number of nitrogens with zero attached hydrogens (tertiary/aromatic N) is 1. The summed E-state index contributed by atoms with van der Waals surface area (Å²) in [7, 11) is 0. The molecule has 70 valence electrons. The van der Waals surface area contributed by atoms with E-state index < -0.39 is 0 Å². The summed E-state index contributed by atoms with van der Waals surface area (Å²) in [5.74, 6) is 6.70. The van der Waals surface area contributed by atoms with Gasteiger partial charge in [-0.25, -0.2) is 0 Å². The van der Waals surface area contributed by atoms with Gasteiger partial charge in [-0.05, 0) is 32.1 Å². The maximum Gasteiger partial charge on any atom is 0.0699 e. The molecule has 0 heterocycles. The largest absolute Gasteiger partial charge is 0.198 e. The van der Waals surface area contributed by atoms with Crippen molar-refractivity contribution in [2.24, 2.45) is 11.3 Å². The van der Waals surface area contributed by atoms with E-state index in [-0.39, 0.29) is 5.41 Å². The summed E-state index contributed by atoms with van der Waals surface area (Å²) >= 11 is 0. The number of hydrogen-bond acceptors (Lipinski definition) is 1. The van der Waals surface area contributed by atoms with Crippen molar-refractivity contribution < 1.29 is 0 Å². The second kappa shape index (κ2) is 4.33. The fraction of sp³-hybridized carbons (Fsp3) is 0.750. The third-order valence-corrected chi connectivity index (χ3v) is 3.13. The molecular formula is C12H17N. The lowest BCUT2D eigenvalue weighted by Gasteiger charge is -2.17. The SMILES string of the molecule is CC#CCC1(C#N)CCC(CC)C1. The molecule has 0 aromatic heterocycles. The van der Waals surface area contributed by atoms with E-state index in [0.717, 1.165) is 25.2 Å². The lowest BCUT2D eigenvalue weighted by atomic mass is 9.83. The molecule has 1 rings (SSSR count). The highest BCUT2D eigenvalue weighted by Gasteiger charge is 2.37. The summed E-state index contributed by atoms with van der Waals surface area (Å²) in [5, 5.41) is 9.14. The second-order valence-corrected chi connectivity index (χ2v) is 4.01. The van der Waals surface area contributed by atoms with E-state index in [1.54, 1.807) is 0 Å². The Morgan fingerprint density at radius 1 is 1.54 bits per heavy atom. The van der Waals surface area contributed by atoms with Gasteiger partial charge in [0.1, 0.15) is 0 Å². The standard InChI is InChI=1S/C12H17N/c1-3-5-7-12(10-13)8-6-11(4-2)9-12/h11H,4,6-9H2,1-2H3. The normalized spacial score (nSPS) is 31.9. The van der Waals surface area contributed by atoms with E-state index in [9.17, 15) is 0 Å². The van der Waals surface area contributed by atoms with Gasteiger partial charge in [0.15, 0.2) is 0 Å². The number of hydrogen-bond donors (Lipinski definition) is 0. The first-order valence-electron chi connectivity index (χ1n) is 5.07. The molecule has 1 aliphatic rings. The molecule has 1 saturated carbocycles. The fourth-order valence-corrected chi connectivity index (χ4v) is 2.14. The van der Waals surface area contributed by atoms with Crippen molar-refractivity contribution in [3.63, 3.8) is 0 Å². The zero-order valence-corrected chi connectivity index (χ0v) is 8.56. The van der Waals surface area contributed by atoms with Crippen molar-refractivity contribution in [2.75, 3.05) is 0 Å². The Morgan fingerprint density at radius 3 is 2.77 bits per heavy atom. The van der Waals surface area contributed by atoms with Gasteiger partial charge < -0.3 is 0 Å².